The molecule has 9 aromatic carbocycles. The molecule has 4 heteroatoms. The minimum absolute atomic E-state index is 0.886. The predicted molar refractivity (Wildman–Crippen MR) is 246 cm³/mol. The molecule has 0 aliphatic rings. The van der Waals surface area contributed by atoms with E-state index >= 15 is 0 Å². The highest BCUT2D eigenvalue weighted by molar-refractivity contribution is 7.20. The van der Waals surface area contributed by atoms with Crippen molar-refractivity contribution in [2.75, 3.05) is 0 Å². The van der Waals surface area contributed by atoms with E-state index in [1.54, 1.807) is 0 Å². The maximum atomic E-state index is 6.91. The molecule has 0 saturated heterocycles. The molecule has 3 nitrogen and oxygen atoms in total. The average molecular weight is 757 g/mol. The van der Waals surface area contributed by atoms with Gasteiger partial charge in [-0.3, -0.25) is 0 Å². The van der Waals surface area contributed by atoms with Crippen LogP contribution in [0.15, 0.2) is 223 Å². The molecule has 0 spiro atoms. The first-order chi connectivity index (χ1) is 28.8. The lowest BCUT2D eigenvalue weighted by Gasteiger charge is -2.34. The molecule has 3 aromatic heterocycles. The normalized spacial score (nSPS) is 12.1. The van der Waals surface area contributed by atoms with Gasteiger partial charge in [0.05, 0.1) is 33.1 Å². The van der Waals surface area contributed by atoms with Gasteiger partial charge in [-0.05, 0) is 75.3 Å². The maximum absolute atomic E-state index is 6.91. The molecule has 0 amide bonds. The number of rotatable bonds is 6. The number of furan rings is 1. The summed E-state index contributed by atoms with van der Waals surface area (Å²) in [5.74, 6) is 0. The second kappa shape index (κ2) is 12.8. The molecular weight excluding hydrogens is 721 g/mol. The Kier molecular flexibility index (Phi) is 7.25. The van der Waals surface area contributed by atoms with E-state index in [1.165, 1.54) is 53.3 Å². The molecule has 0 N–H and O–H groups in total. The van der Waals surface area contributed by atoms with Crippen LogP contribution in [0.2, 0.25) is 0 Å². The number of aromatic nitrogens is 2. The summed E-state index contributed by atoms with van der Waals surface area (Å²) in [6.07, 6.45) is 0. The number of hydrogen-bond acceptors (Lipinski definition) is 1. The van der Waals surface area contributed by atoms with Gasteiger partial charge in [-0.15, -0.1) is 0 Å². The van der Waals surface area contributed by atoms with E-state index in [0.29, 0.717) is 0 Å². The maximum Gasteiger partial charge on any atom is 0.179 e. The SMILES string of the molecule is c1ccc([Si](c2ccccc2)(c2ccccc2)c2cc(-n3c4ccccc4c4cc(-n5c6ccccc6c6ccccc65)ccc43)c3c(c2)oc2ccccc23)cc1. The Morgan fingerprint density at radius 1 is 0.310 bits per heavy atom. The van der Waals surface area contributed by atoms with Crippen molar-refractivity contribution in [2.24, 2.45) is 0 Å². The van der Waals surface area contributed by atoms with Crippen LogP contribution in [-0.2, 0) is 0 Å². The lowest BCUT2D eigenvalue weighted by atomic mass is 10.1. The zero-order chi connectivity index (χ0) is 38.2. The molecule has 3 heterocycles. The number of fused-ring (bicyclic) bond motifs is 9. The Labute approximate surface area is 336 Å². The van der Waals surface area contributed by atoms with Crippen LogP contribution in [0.5, 0.6) is 0 Å². The van der Waals surface area contributed by atoms with Crippen LogP contribution < -0.4 is 20.7 Å². The van der Waals surface area contributed by atoms with Crippen LogP contribution in [-0.4, -0.2) is 17.2 Å². The number of para-hydroxylation sites is 4. The summed E-state index contributed by atoms with van der Waals surface area (Å²) < 4.78 is 11.8. The fraction of sp³-hybridized carbons (Fsp3) is 0. The molecule has 12 rings (SSSR count). The summed E-state index contributed by atoms with van der Waals surface area (Å²) in [6.45, 7) is 0. The van der Waals surface area contributed by atoms with Gasteiger partial charge in [-0.2, -0.15) is 0 Å². The Hall–Kier alpha value is -7.40. The lowest BCUT2D eigenvalue weighted by molar-refractivity contribution is 0.669. The monoisotopic (exact) mass is 756 g/mol. The Morgan fingerprint density at radius 3 is 1.33 bits per heavy atom. The minimum atomic E-state index is -2.92. The highest BCUT2D eigenvalue weighted by Gasteiger charge is 2.42. The number of hydrogen-bond donors (Lipinski definition) is 0. The van der Waals surface area contributed by atoms with Gasteiger partial charge in [0.15, 0.2) is 8.07 Å². The van der Waals surface area contributed by atoms with Gasteiger partial charge in [-0.25, -0.2) is 0 Å². The van der Waals surface area contributed by atoms with Gasteiger partial charge in [0, 0.05) is 32.6 Å². The molecule has 58 heavy (non-hydrogen) atoms. The van der Waals surface area contributed by atoms with Crippen LogP contribution in [0.1, 0.15) is 0 Å². The quantitative estimate of drug-likeness (QED) is 0.122. The fourth-order valence-corrected chi connectivity index (χ4v) is 14.6. The van der Waals surface area contributed by atoms with Crippen molar-refractivity contribution in [1.29, 1.82) is 0 Å². The number of nitrogens with zero attached hydrogens (tertiary/aromatic N) is 2. The summed E-state index contributed by atoms with van der Waals surface area (Å²) in [5, 5.41) is 12.4. The van der Waals surface area contributed by atoms with E-state index in [0.717, 1.165) is 44.3 Å². The summed E-state index contributed by atoms with van der Waals surface area (Å²) in [6, 6.07) is 80.1. The van der Waals surface area contributed by atoms with Gasteiger partial charge in [-0.1, -0.05) is 164 Å². The predicted octanol–water partition coefficient (Wildman–Crippen LogP) is 11.2. The summed E-state index contributed by atoms with van der Waals surface area (Å²) in [7, 11) is -2.92. The number of benzene rings is 9. The van der Waals surface area contributed by atoms with Crippen molar-refractivity contribution >= 4 is 94.4 Å². The van der Waals surface area contributed by atoms with Crippen LogP contribution in [0.3, 0.4) is 0 Å². The lowest BCUT2D eigenvalue weighted by Crippen LogP contribution is -2.74. The molecule has 0 aliphatic heterocycles. The largest absolute Gasteiger partial charge is 0.456 e. The van der Waals surface area contributed by atoms with Gasteiger partial charge < -0.3 is 13.6 Å². The molecule has 0 fully saturated rings. The zero-order valence-electron chi connectivity index (χ0n) is 31.6. The molecule has 0 radical (unpaired) electrons. The standard InChI is InChI=1S/C54H36N2OSi/c1-4-18-38(19-5-1)58(39-20-6-2-7-21-39,40-22-8-3-9-23-40)41-35-51(54-45-27-13-17-31-52(45)57-53(54)36-41)56-49-30-16-12-26-44(49)46-34-37(32-33-50(46)56)55-47-28-14-10-24-42(47)43-25-11-15-29-48(43)55/h1-36H. The minimum Gasteiger partial charge on any atom is -0.456 e. The third-order valence-electron chi connectivity index (χ3n) is 12.2. The molecule has 0 atom stereocenters. The Balaban J connectivity index is 1.21. The smallest absolute Gasteiger partial charge is 0.179 e. The van der Waals surface area contributed by atoms with Crippen molar-refractivity contribution in [3.63, 3.8) is 0 Å². The Bertz CT molecular complexity index is 3360. The van der Waals surface area contributed by atoms with Crippen molar-refractivity contribution in [1.82, 2.24) is 9.13 Å². The third-order valence-corrected chi connectivity index (χ3v) is 17.0. The molecule has 0 aliphatic carbocycles. The second-order valence-electron chi connectivity index (χ2n) is 15.2. The van der Waals surface area contributed by atoms with Gasteiger partial charge in [0.25, 0.3) is 0 Å². The first-order valence-corrected chi connectivity index (χ1v) is 21.9. The van der Waals surface area contributed by atoms with Gasteiger partial charge in [0.1, 0.15) is 11.2 Å². The van der Waals surface area contributed by atoms with E-state index in [9.17, 15) is 0 Å². The Morgan fingerprint density at radius 2 is 0.759 bits per heavy atom. The van der Waals surface area contributed by atoms with Crippen LogP contribution in [0.4, 0.5) is 0 Å². The van der Waals surface area contributed by atoms with Crippen molar-refractivity contribution < 1.29 is 4.42 Å². The molecule has 0 bridgehead atoms. The van der Waals surface area contributed by atoms with Gasteiger partial charge in [0.2, 0.25) is 0 Å². The topological polar surface area (TPSA) is 23.0 Å². The molecule has 0 unspecified atom stereocenters. The van der Waals surface area contributed by atoms with E-state index in [-0.39, 0.29) is 0 Å². The highest BCUT2D eigenvalue weighted by atomic mass is 28.3. The van der Waals surface area contributed by atoms with Crippen molar-refractivity contribution in [2.45, 2.75) is 0 Å². The van der Waals surface area contributed by atoms with Crippen molar-refractivity contribution in [3.8, 4) is 11.4 Å². The van der Waals surface area contributed by atoms with Gasteiger partial charge >= 0.3 is 0 Å². The third kappa shape index (κ3) is 4.67. The average Bonchev–Trinajstić information content (AvgIpc) is 3.95. The zero-order valence-corrected chi connectivity index (χ0v) is 32.6. The second-order valence-corrected chi connectivity index (χ2v) is 19.0. The van der Waals surface area contributed by atoms with Crippen LogP contribution in [0, 0.1) is 0 Å². The molecule has 0 saturated carbocycles. The van der Waals surface area contributed by atoms with Crippen molar-refractivity contribution in [3.05, 3.63) is 218 Å². The summed E-state index contributed by atoms with van der Waals surface area (Å²) in [4.78, 5) is 0. The highest BCUT2D eigenvalue weighted by Crippen LogP contribution is 2.40. The summed E-state index contributed by atoms with van der Waals surface area (Å²) >= 11 is 0. The fourth-order valence-electron chi connectivity index (χ4n) is 9.85. The van der Waals surface area contributed by atoms with Crippen LogP contribution >= 0.6 is 0 Å². The first-order valence-electron chi connectivity index (χ1n) is 19.9. The van der Waals surface area contributed by atoms with E-state index in [1.807, 2.05) is 0 Å². The molecule has 12 aromatic rings. The van der Waals surface area contributed by atoms with E-state index in [4.69, 9.17) is 4.42 Å². The van der Waals surface area contributed by atoms with E-state index < -0.39 is 8.07 Å². The summed E-state index contributed by atoms with van der Waals surface area (Å²) in [5.41, 5.74) is 8.76. The first kappa shape index (κ1) is 32.8. The van der Waals surface area contributed by atoms with Crippen LogP contribution in [0.25, 0.3) is 76.9 Å². The molecule has 272 valence electrons. The van der Waals surface area contributed by atoms with E-state index in [2.05, 4.69) is 228 Å². The molecular formula is C54H36N2OSi.